The molecule has 0 aromatic heterocycles. The van der Waals surface area contributed by atoms with Gasteiger partial charge < -0.3 is 10.6 Å². The molecule has 2 N–H and O–H groups in total. The fourth-order valence-electron chi connectivity index (χ4n) is 1.78. The van der Waals surface area contributed by atoms with Crippen LogP contribution in [0.15, 0.2) is 48.5 Å². The largest absolute Gasteiger partial charge is 0.344 e. The van der Waals surface area contributed by atoms with Crippen LogP contribution in [-0.4, -0.2) is 11.8 Å². The molecule has 0 saturated heterocycles. The Labute approximate surface area is 128 Å². The first-order valence-corrected chi connectivity index (χ1v) is 6.73. The lowest BCUT2D eigenvalue weighted by molar-refractivity contribution is -0.136. The molecule has 2 aromatic rings. The number of hydrogen-bond donors (Lipinski definition) is 2. The molecule has 0 radical (unpaired) electrons. The molecule has 0 fully saturated rings. The van der Waals surface area contributed by atoms with Crippen LogP contribution in [0.2, 0.25) is 0 Å². The van der Waals surface area contributed by atoms with Crippen LogP contribution in [0.1, 0.15) is 16.7 Å². The maximum Gasteiger partial charge on any atom is 0.313 e. The molecule has 0 unspecified atom stereocenters. The van der Waals surface area contributed by atoms with Crippen molar-refractivity contribution in [2.45, 2.75) is 13.5 Å². The molecule has 0 aliphatic carbocycles. The maximum absolute atomic E-state index is 11.8. The van der Waals surface area contributed by atoms with E-state index in [1.807, 2.05) is 37.3 Å². The van der Waals surface area contributed by atoms with Gasteiger partial charge in [-0.25, -0.2) is 0 Å². The van der Waals surface area contributed by atoms with E-state index in [9.17, 15) is 9.59 Å². The summed E-state index contributed by atoms with van der Waals surface area (Å²) in [6, 6.07) is 15.9. The molecule has 2 aromatic carbocycles. The normalized spacial score (nSPS) is 9.64. The number of carbonyl (C=O) groups excluding carboxylic acids is 2. The van der Waals surface area contributed by atoms with Crippen molar-refractivity contribution < 1.29 is 9.59 Å². The predicted molar refractivity (Wildman–Crippen MR) is 82.8 cm³/mol. The van der Waals surface area contributed by atoms with E-state index >= 15 is 0 Å². The van der Waals surface area contributed by atoms with Gasteiger partial charge in [-0.15, -0.1) is 0 Å². The Bertz CT molecular complexity index is 713. The number of anilines is 1. The molecule has 110 valence electrons. The molecule has 0 aliphatic heterocycles. The number of carbonyl (C=O) groups is 2. The Kier molecular flexibility index (Phi) is 4.89. The molecular weight excluding hydrogens is 278 g/mol. The summed E-state index contributed by atoms with van der Waals surface area (Å²) < 4.78 is 0. The molecule has 2 rings (SSSR count). The average molecular weight is 293 g/mol. The highest BCUT2D eigenvalue weighted by molar-refractivity contribution is 6.39. The third kappa shape index (κ3) is 4.18. The summed E-state index contributed by atoms with van der Waals surface area (Å²) in [5.74, 6) is -1.44. The Morgan fingerprint density at radius 2 is 1.64 bits per heavy atom. The highest BCUT2D eigenvalue weighted by Gasteiger charge is 2.13. The molecular formula is C17H15N3O2. The minimum Gasteiger partial charge on any atom is -0.344 e. The number of benzene rings is 2. The van der Waals surface area contributed by atoms with Crippen molar-refractivity contribution in [1.29, 1.82) is 5.26 Å². The van der Waals surface area contributed by atoms with Gasteiger partial charge in [-0.05, 0) is 36.8 Å². The monoisotopic (exact) mass is 293 g/mol. The van der Waals surface area contributed by atoms with Gasteiger partial charge in [0.15, 0.2) is 0 Å². The van der Waals surface area contributed by atoms with Crippen LogP contribution in [0, 0.1) is 18.3 Å². The van der Waals surface area contributed by atoms with Crippen LogP contribution in [0.4, 0.5) is 5.69 Å². The quantitative estimate of drug-likeness (QED) is 0.850. The zero-order valence-electron chi connectivity index (χ0n) is 12.1. The smallest absolute Gasteiger partial charge is 0.313 e. The number of nitriles is 1. The molecule has 5 nitrogen and oxygen atoms in total. The van der Waals surface area contributed by atoms with Gasteiger partial charge in [0.2, 0.25) is 0 Å². The Balaban J connectivity index is 1.87. The van der Waals surface area contributed by atoms with Crippen LogP contribution in [0.3, 0.4) is 0 Å². The van der Waals surface area contributed by atoms with E-state index in [2.05, 4.69) is 10.6 Å². The van der Waals surface area contributed by atoms with Crippen LogP contribution < -0.4 is 10.6 Å². The first kappa shape index (κ1) is 15.3. The predicted octanol–water partition coefficient (Wildman–Crippen LogP) is 2.12. The zero-order chi connectivity index (χ0) is 15.9. The maximum atomic E-state index is 11.8. The zero-order valence-corrected chi connectivity index (χ0v) is 12.1. The highest BCUT2D eigenvalue weighted by Crippen LogP contribution is 2.08. The fraction of sp³-hybridized carbons (Fsp3) is 0.118. The van der Waals surface area contributed by atoms with Gasteiger partial charge in [0.25, 0.3) is 0 Å². The second-order valence-electron chi connectivity index (χ2n) is 4.81. The molecule has 0 atom stereocenters. The SMILES string of the molecule is Cc1ccc(CNC(=O)C(=O)Nc2ccc(C#N)cc2)cc1. The van der Waals surface area contributed by atoms with E-state index in [1.165, 1.54) is 0 Å². The Morgan fingerprint density at radius 3 is 2.23 bits per heavy atom. The van der Waals surface area contributed by atoms with Crippen molar-refractivity contribution in [2.75, 3.05) is 5.32 Å². The van der Waals surface area contributed by atoms with Crippen molar-refractivity contribution in [1.82, 2.24) is 5.32 Å². The molecule has 0 saturated carbocycles. The first-order chi connectivity index (χ1) is 10.6. The second kappa shape index (κ2) is 7.04. The summed E-state index contributed by atoms with van der Waals surface area (Å²) in [5, 5.41) is 13.7. The van der Waals surface area contributed by atoms with Gasteiger partial charge in [0, 0.05) is 12.2 Å². The minimum atomic E-state index is -0.739. The number of hydrogen-bond acceptors (Lipinski definition) is 3. The first-order valence-electron chi connectivity index (χ1n) is 6.73. The van der Waals surface area contributed by atoms with Crippen LogP contribution in [-0.2, 0) is 16.1 Å². The van der Waals surface area contributed by atoms with Crippen molar-refractivity contribution in [3.05, 3.63) is 65.2 Å². The van der Waals surface area contributed by atoms with E-state index in [1.54, 1.807) is 24.3 Å². The summed E-state index contributed by atoms with van der Waals surface area (Å²) in [5.41, 5.74) is 3.01. The topological polar surface area (TPSA) is 82.0 Å². The van der Waals surface area contributed by atoms with Gasteiger partial charge in [-0.1, -0.05) is 29.8 Å². The third-order valence-corrected chi connectivity index (χ3v) is 3.05. The number of rotatable bonds is 3. The summed E-state index contributed by atoms with van der Waals surface area (Å²) in [6.07, 6.45) is 0. The molecule has 5 heteroatoms. The van der Waals surface area contributed by atoms with E-state index in [0.29, 0.717) is 17.8 Å². The molecule has 0 bridgehead atoms. The van der Waals surface area contributed by atoms with E-state index in [4.69, 9.17) is 5.26 Å². The molecule has 22 heavy (non-hydrogen) atoms. The molecule has 0 spiro atoms. The molecule has 0 aliphatic rings. The van der Waals surface area contributed by atoms with Crippen molar-refractivity contribution in [2.24, 2.45) is 0 Å². The highest BCUT2D eigenvalue weighted by atomic mass is 16.2. The number of amides is 2. The van der Waals surface area contributed by atoms with Gasteiger partial charge >= 0.3 is 11.8 Å². The number of aryl methyl sites for hydroxylation is 1. The van der Waals surface area contributed by atoms with Gasteiger partial charge in [0.1, 0.15) is 0 Å². The Morgan fingerprint density at radius 1 is 1.00 bits per heavy atom. The standard InChI is InChI=1S/C17H15N3O2/c1-12-2-4-14(5-3-12)11-19-16(21)17(22)20-15-8-6-13(10-18)7-9-15/h2-9H,11H2,1H3,(H,19,21)(H,20,22). The minimum absolute atomic E-state index is 0.292. The number of nitrogens with zero attached hydrogens (tertiary/aromatic N) is 1. The van der Waals surface area contributed by atoms with Gasteiger partial charge in [-0.2, -0.15) is 5.26 Å². The third-order valence-electron chi connectivity index (χ3n) is 3.05. The fourth-order valence-corrected chi connectivity index (χ4v) is 1.78. The van der Waals surface area contributed by atoms with E-state index in [-0.39, 0.29) is 0 Å². The number of nitrogens with one attached hydrogen (secondary N) is 2. The van der Waals surface area contributed by atoms with Crippen LogP contribution in [0.25, 0.3) is 0 Å². The summed E-state index contributed by atoms with van der Waals surface area (Å²) >= 11 is 0. The molecule has 2 amide bonds. The summed E-state index contributed by atoms with van der Waals surface area (Å²) in [6.45, 7) is 2.27. The van der Waals surface area contributed by atoms with Crippen LogP contribution >= 0.6 is 0 Å². The van der Waals surface area contributed by atoms with Gasteiger partial charge in [0.05, 0.1) is 11.6 Å². The Hall–Kier alpha value is -3.13. The lowest BCUT2D eigenvalue weighted by atomic mass is 10.1. The van der Waals surface area contributed by atoms with Gasteiger partial charge in [-0.3, -0.25) is 9.59 Å². The molecule has 0 heterocycles. The van der Waals surface area contributed by atoms with Crippen LogP contribution in [0.5, 0.6) is 0 Å². The summed E-state index contributed by atoms with van der Waals surface area (Å²) in [4.78, 5) is 23.5. The van der Waals surface area contributed by atoms with E-state index in [0.717, 1.165) is 11.1 Å². The van der Waals surface area contributed by atoms with Crippen molar-refractivity contribution in [3.63, 3.8) is 0 Å². The lowest BCUT2D eigenvalue weighted by Gasteiger charge is -2.07. The van der Waals surface area contributed by atoms with E-state index < -0.39 is 11.8 Å². The second-order valence-corrected chi connectivity index (χ2v) is 4.81. The average Bonchev–Trinajstić information content (AvgIpc) is 2.54. The van der Waals surface area contributed by atoms with Crippen molar-refractivity contribution >= 4 is 17.5 Å². The summed E-state index contributed by atoms with van der Waals surface area (Å²) in [7, 11) is 0. The lowest BCUT2D eigenvalue weighted by Crippen LogP contribution is -2.34. The van der Waals surface area contributed by atoms with Crippen molar-refractivity contribution in [3.8, 4) is 6.07 Å².